The van der Waals surface area contributed by atoms with Crippen LogP contribution in [0.1, 0.15) is 78.3 Å². The van der Waals surface area contributed by atoms with E-state index >= 15 is 4.39 Å². The molecule has 0 aromatic heterocycles. The van der Waals surface area contributed by atoms with Gasteiger partial charge in [-0.25, -0.2) is 4.39 Å². The van der Waals surface area contributed by atoms with Gasteiger partial charge in [0, 0.05) is 25.4 Å². The number of ketones is 1. The van der Waals surface area contributed by atoms with Crippen LogP contribution in [0.2, 0.25) is 5.02 Å². The average Bonchev–Trinajstić information content (AvgIpc) is 3.05. The molecule has 7 heteroatoms. The van der Waals surface area contributed by atoms with Crippen LogP contribution in [0.3, 0.4) is 0 Å². The molecule has 0 amide bonds. The van der Waals surface area contributed by atoms with Gasteiger partial charge in [0.2, 0.25) is 0 Å². The second-order valence-electron chi connectivity index (χ2n) is 12.6. The standard InChI is InChI=1S/C41H44ClF4NO/c1-29(2)20-21-35(48)22-23-36-30(3)25-31(26-39(36)43)13-10-11-24-47(27-34-18-12-19-38(40(34)42)41(44,45)46)28-37(32-14-6-4-7-15-32)33-16-8-5-9-17-33/h4,6-8,12,14-21,25-26,37H,1,5,9-11,13,22-24,27-28H2,2-3H3/b21-20+. The lowest BCUT2D eigenvalue weighted by molar-refractivity contribution is -0.137. The van der Waals surface area contributed by atoms with Gasteiger partial charge in [-0.3, -0.25) is 9.69 Å². The van der Waals surface area contributed by atoms with Gasteiger partial charge in [-0.15, -0.1) is 0 Å². The topological polar surface area (TPSA) is 20.3 Å². The van der Waals surface area contributed by atoms with E-state index < -0.39 is 11.7 Å². The summed E-state index contributed by atoms with van der Waals surface area (Å²) in [6.45, 7) is 8.94. The summed E-state index contributed by atoms with van der Waals surface area (Å²) < 4.78 is 56.3. The zero-order valence-electron chi connectivity index (χ0n) is 27.8. The molecular weight excluding hydrogens is 634 g/mol. The third-order valence-electron chi connectivity index (χ3n) is 8.69. The van der Waals surface area contributed by atoms with Gasteiger partial charge in [-0.1, -0.05) is 96.6 Å². The molecule has 0 fully saturated rings. The average molecular weight is 678 g/mol. The second-order valence-corrected chi connectivity index (χ2v) is 13.0. The van der Waals surface area contributed by atoms with Crippen LogP contribution in [0.4, 0.5) is 17.6 Å². The predicted octanol–water partition coefficient (Wildman–Crippen LogP) is 11.3. The molecule has 0 saturated carbocycles. The van der Waals surface area contributed by atoms with Gasteiger partial charge >= 0.3 is 6.18 Å². The highest BCUT2D eigenvalue weighted by Gasteiger charge is 2.34. The first kappa shape index (κ1) is 37.1. The minimum atomic E-state index is -4.54. The highest BCUT2D eigenvalue weighted by Crippen LogP contribution is 2.37. The van der Waals surface area contributed by atoms with Crippen molar-refractivity contribution in [2.45, 2.75) is 77.4 Å². The molecule has 0 heterocycles. The number of allylic oxidation sites excluding steroid dienone is 6. The number of carbonyl (C=O) groups is 1. The van der Waals surface area contributed by atoms with Gasteiger partial charge in [0.05, 0.1) is 10.6 Å². The van der Waals surface area contributed by atoms with Gasteiger partial charge in [0.15, 0.2) is 5.78 Å². The van der Waals surface area contributed by atoms with E-state index in [9.17, 15) is 18.0 Å². The molecule has 2 nitrogen and oxygen atoms in total. The Morgan fingerprint density at radius 1 is 1.02 bits per heavy atom. The van der Waals surface area contributed by atoms with Crippen molar-refractivity contribution >= 4 is 17.4 Å². The zero-order chi connectivity index (χ0) is 34.7. The summed E-state index contributed by atoms with van der Waals surface area (Å²) in [4.78, 5) is 14.3. The molecule has 0 radical (unpaired) electrons. The molecule has 4 rings (SSSR count). The minimum Gasteiger partial charge on any atom is -0.298 e. The molecule has 254 valence electrons. The Kier molecular flexibility index (Phi) is 13.6. The number of unbranched alkanes of at least 4 members (excludes halogenated alkanes) is 1. The highest BCUT2D eigenvalue weighted by atomic mass is 35.5. The van der Waals surface area contributed by atoms with Crippen LogP contribution in [0, 0.1) is 12.7 Å². The van der Waals surface area contributed by atoms with Crippen molar-refractivity contribution in [1.29, 1.82) is 0 Å². The number of rotatable bonds is 16. The Bertz CT molecular complexity index is 1630. The Morgan fingerprint density at radius 3 is 2.46 bits per heavy atom. The third-order valence-corrected chi connectivity index (χ3v) is 9.14. The van der Waals surface area contributed by atoms with Crippen molar-refractivity contribution in [1.82, 2.24) is 4.90 Å². The van der Waals surface area contributed by atoms with Gasteiger partial charge in [-0.2, -0.15) is 13.2 Å². The number of alkyl halides is 3. The number of aryl methyl sites for hydroxylation is 2. The van der Waals surface area contributed by atoms with Crippen molar-refractivity contribution in [2.75, 3.05) is 13.1 Å². The number of halogens is 5. The largest absolute Gasteiger partial charge is 0.417 e. The van der Waals surface area contributed by atoms with Crippen LogP contribution in [0.5, 0.6) is 0 Å². The van der Waals surface area contributed by atoms with E-state index in [4.69, 9.17) is 11.6 Å². The maximum absolute atomic E-state index is 15.1. The lowest BCUT2D eigenvalue weighted by Crippen LogP contribution is -2.30. The van der Waals surface area contributed by atoms with Gasteiger partial charge in [-0.05, 0) is 111 Å². The van der Waals surface area contributed by atoms with Crippen LogP contribution in [-0.2, 0) is 30.4 Å². The SMILES string of the molecule is C=C(C)/C=C/C(=O)CCc1c(C)cc(CCCCN(Cc2cccc(C(F)(F)F)c2Cl)CC(C2=CCCC=C2)c2ccccc2)cc1F. The Morgan fingerprint density at radius 2 is 1.79 bits per heavy atom. The molecule has 1 atom stereocenters. The van der Waals surface area contributed by atoms with Crippen molar-refractivity contribution in [3.05, 3.63) is 153 Å². The molecule has 48 heavy (non-hydrogen) atoms. The molecule has 0 bridgehead atoms. The van der Waals surface area contributed by atoms with Crippen molar-refractivity contribution in [3.8, 4) is 0 Å². The first-order valence-corrected chi connectivity index (χ1v) is 16.9. The van der Waals surface area contributed by atoms with Gasteiger partial charge in [0.1, 0.15) is 5.82 Å². The maximum atomic E-state index is 15.1. The normalized spacial score (nSPS) is 14.0. The Hall–Kier alpha value is -3.74. The first-order chi connectivity index (χ1) is 22.9. The summed E-state index contributed by atoms with van der Waals surface area (Å²) in [6, 6.07) is 17.8. The van der Waals surface area contributed by atoms with Crippen LogP contribution >= 0.6 is 11.6 Å². The Labute approximate surface area is 287 Å². The molecule has 1 unspecified atom stereocenters. The summed E-state index contributed by atoms with van der Waals surface area (Å²) in [5, 5.41) is -0.261. The fraction of sp³-hybridized carbons (Fsp3) is 0.341. The van der Waals surface area contributed by atoms with E-state index in [1.807, 2.05) is 38.1 Å². The monoisotopic (exact) mass is 677 g/mol. The van der Waals surface area contributed by atoms with Gasteiger partial charge < -0.3 is 0 Å². The fourth-order valence-corrected chi connectivity index (χ4v) is 6.47. The molecule has 3 aromatic carbocycles. The molecular formula is C41H44ClF4NO. The van der Waals surface area contributed by atoms with E-state index in [1.165, 1.54) is 17.7 Å². The van der Waals surface area contributed by atoms with E-state index in [-0.39, 0.29) is 35.5 Å². The van der Waals surface area contributed by atoms with Crippen LogP contribution < -0.4 is 0 Å². The lowest BCUT2D eigenvalue weighted by atomic mass is 9.87. The number of hydrogen-bond acceptors (Lipinski definition) is 2. The minimum absolute atomic E-state index is 0.0415. The maximum Gasteiger partial charge on any atom is 0.417 e. The van der Waals surface area contributed by atoms with Crippen LogP contribution in [0.15, 0.2) is 109 Å². The summed E-state index contributed by atoms with van der Waals surface area (Å²) in [5.74, 6) is -0.330. The van der Waals surface area contributed by atoms with E-state index in [0.29, 0.717) is 37.1 Å². The number of carbonyl (C=O) groups excluding carboxylic acids is 1. The zero-order valence-corrected chi connectivity index (χ0v) is 28.5. The predicted molar refractivity (Wildman–Crippen MR) is 189 cm³/mol. The summed E-state index contributed by atoms with van der Waals surface area (Å²) in [5.41, 5.74) is 5.00. The van der Waals surface area contributed by atoms with E-state index in [0.717, 1.165) is 54.0 Å². The van der Waals surface area contributed by atoms with E-state index in [2.05, 4.69) is 41.8 Å². The molecule has 0 spiro atoms. The smallest absolute Gasteiger partial charge is 0.298 e. The fourth-order valence-electron chi connectivity index (χ4n) is 6.17. The van der Waals surface area contributed by atoms with Crippen molar-refractivity contribution in [3.63, 3.8) is 0 Å². The van der Waals surface area contributed by atoms with Crippen molar-refractivity contribution in [2.24, 2.45) is 0 Å². The van der Waals surface area contributed by atoms with Crippen LogP contribution in [0.25, 0.3) is 0 Å². The summed E-state index contributed by atoms with van der Waals surface area (Å²) >= 11 is 6.36. The molecule has 0 aliphatic heterocycles. The first-order valence-electron chi connectivity index (χ1n) is 16.5. The molecule has 0 saturated heterocycles. The number of hydrogen-bond donors (Lipinski definition) is 0. The highest BCUT2D eigenvalue weighted by molar-refractivity contribution is 6.32. The van der Waals surface area contributed by atoms with E-state index in [1.54, 1.807) is 18.2 Å². The van der Waals surface area contributed by atoms with Crippen LogP contribution in [-0.4, -0.2) is 23.8 Å². The molecule has 1 aliphatic carbocycles. The number of benzene rings is 3. The Balaban J connectivity index is 1.48. The van der Waals surface area contributed by atoms with Crippen molar-refractivity contribution < 1.29 is 22.4 Å². The quantitative estimate of drug-likeness (QED) is 0.0651. The lowest BCUT2D eigenvalue weighted by Gasteiger charge is -2.30. The third kappa shape index (κ3) is 10.9. The second kappa shape index (κ2) is 17.6. The molecule has 0 N–H and O–H groups in total. The number of nitrogens with zero attached hydrogens (tertiary/aromatic N) is 1. The summed E-state index contributed by atoms with van der Waals surface area (Å²) in [6.07, 6.45) is 9.88. The molecule has 1 aliphatic rings. The van der Waals surface area contributed by atoms with Gasteiger partial charge in [0.25, 0.3) is 0 Å². The summed E-state index contributed by atoms with van der Waals surface area (Å²) in [7, 11) is 0. The molecule has 3 aromatic rings.